The molecule has 0 radical (unpaired) electrons. The fraction of sp³-hybridized carbons (Fsp3) is 0.615. The van der Waals surface area contributed by atoms with Gasteiger partial charge in [0.2, 0.25) is 0 Å². The lowest BCUT2D eigenvalue weighted by Gasteiger charge is -2.26. The summed E-state index contributed by atoms with van der Waals surface area (Å²) in [5, 5.41) is 13.6. The van der Waals surface area contributed by atoms with E-state index in [1.54, 1.807) is 0 Å². The van der Waals surface area contributed by atoms with Gasteiger partial charge in [0.05, 0.1) is 20.3 Å². The van der Waals surface area contributed by atoms with Crippen molar-refractivity contribution in [3.05, 3.63) is 4.88 Å². The first-order valence-corrected chi connectivity index (χ1v) is 7.37. The van der Waals surface area contributed by atoms with Crippen molar-refractivity contribution in [2.75, 3.05) is 25.3 Å². The Bertz CT molecular complexity index is 481. The Labute approximate surface area is 121 Å². The molecule has 0 saturated heterocycles. The average molecular weight is 300 g/mol. The maximum Gasteiger partial charge on any atom is 0.350 e. The number of carbonyl (C=O) groups excluding carboxylic acids is 1. The second kappa shape index (κ2) is 6.32. The maximum absolute atomic E-state index is 11.6. The van der Waals surface area contributed by atoms with Crippen molar-refractivity contribution in [2.24, 2.45) is 0 Å². The predicted octanol–water partition coefficient (Wildman–Crippen LogP) is 1.84. The Hall–Kier alpha value is -1.47. The van der Waals surface area contributed by atoms with Crippen LogP contribution in [0, 0.1) is 0 Å². The summed E-state index contributed by atoms with van der Waals surface area (Å²) >= 11 is 1.24. The molecule has 0 aliphatic heterocycles. The fourth-order valence-corrected chi connectivity index (χ4v) is 3.46. The van der Waals surface area contributed by atoms with Gasteiger partial charge < -0.3 is 25.6 Å². The first-order chi connectivity index (χ1) is 9.56. The summed E-state index contributed by atoms with van der Waals surface area (Å²) in [6.45, 7) is 0. The van der Waals surface area contributed by atoms with E-state index in [0.29, 0.717) is 16.3 Å². The van der Waals surface area contributed by atoms with Gasteiger partial charge in [0.25, 0.3) is 0 Å². The van der Waals surface area contributed by atoms with Gasteiger partial charge >= 0.3 is 5.97 Å². The van der Waals surface area contributed by atoms with Gasteiger partial charge in [-0.1, -0.05) is 0 Å². The molecule has 2 rings (SSSR count). The molecule has 1 heterocycles. The number of aliphatic hydroxyl groups is 1. The monoisotopic (exact) mass is 300 g/mol. The van der Waals surface area contributed by atoms with Crippen molar-refractivity contribution < 1.29 is 19.4 Å². The molecule has 1 aliphatic carbocycles. The first kappa shape index (κ1) is 14.9. The van der Waals surface area contributed by atoms with Crippen molar-refractivity contribution >= 4 is 28.0 Å². The molecule has 1 aliphatic rings. The van der Waals surface area contributed by atoms with Crippen LogP contribution in [0.2, 0.25) is 0 Å². The first-order valence-electron chi connectivity index (χ1n) is 6.56. The molecule has 0 unspecified atom stereocenters. The summed E-state index contributed by atoms with van der Waals surface area (Å²) in [5.41, 5.74) is 6.23. The van der Waals surface area contributed by atoms with Gasteiger partial charge in [0.1, 0.15) is 15.6 Å². The van der Waals surface area contributed by atoms with E-state index in [-0.39, 0.29) is 12.1 Å². The summed E-state index contributed by atoms with van der Waals surface area (Å²) < 4.78 is 9.99. The Kier molecular flexibility index (Phi) is 4.72. The minimum absolute atomic E-state index is 0.200. The lowest BCUT2D eigenvalue weighted by Crippen LogP contribution is -2.27. The molecule has 0 aromatic carbocycles. The molecule has 7 heteroatoms. The number of thiophene rings is 1. The molecule has 1 aromatic heterocycles. The molecular weight excluding hydrogens is 280 g/mol. The third kappa shape index (κ3) is 2.99. The SMILES string of the molecule is COC(=O)c1sc(NC2CCC(O)CC2)c(OC)c1N. The highest BCUT2D eigenvalue weighted by Gasteiger charge is 2.25. The van der Waals surface area contributed by atoms with Gasteiger partial charge in [-0.25, -0.2) is 4.79 Å². The van der Waals surface area contributed by atoms with Crippen molar-refractivity contribution in [1.29, 1.82) is 0 Å². The smallest absolute Gasteiger partial charge is 0.350 e. The Morgan fingerprint density at radius 3 is 2.55 bits per heavy atom. The minimum atomic E-state index is -0.460. The topological polar surface area (TPSA) is 93.8 Å². The summed E-state index contributed by atoms with van der Waals surface area (Å²) in [6.07, 6.45) is 3.13. The van der Waals surface area contributed by atoms with Gasteiger partial charge in [-0.3, -0.25) is 0 Å². The molecule has 1 fully saturated rings. The van der Waals surface area contributed by atoms with Crippen LogP contribution in [0.15, 0.2) is 0 Å². The van der Waals surface area contributed by atoms with Crippen LogP contribution >= 0.6 is 11.3 Å². The van der Waals surface area contributed by atoms with Crippen LogP contribution in [0.25, 0.3) is 0 Å². The second-order valence-electron chi connectivity index (χ2n) is 4.85. The van der Waals surface area contributed by atoms with Crippen LogP contribution in [0.3, 0.4) is 0 Å². The van der Waals surface area contributed by atoms with Crippen LogP contribution < -0.4 is 15.8 Å². The van der Waals surface area contributed by atoms with Crippen LogP contribution in [0.4, 0.5) is 10.7 Å². The van der Waals surface area contributed by atoms with Crippen molar-refractivity contribution in [3.63, 3.8) is 0 Å². The number of nitrogens with one attached hydrogen (secondary N) is 1. The van der Waals surface area contributed by atoms with Crippen molar-refractivity contribution in [2.45, 2.75) is 37.8 Å². The highest BCUT2D eigenvalue weighted by Crippen LogP contribution is 2.43. The zero-order valence-corrected chi connectivity index (χ0v) is 12.5. The van der Waals surface area contributed by atoms with E-state index < -0.39 is 5.97 Å². The summed E-state index contributed by atoms with van der Waals surface area (Å²) in [7, 11) is 2.85. The van der Waals surface area contributed by atoms with E-state index in [2.05, 4.69) is 5.32 Å². The van der Waals surface area contributed by atoms with E-state index >= 15 is 0 Å². The van der Waals surface area contributed by atoms with E-state index in [1.165, 1.54) is 25.6 Å². The van der Waals surface area contributed by atoms with E-state index in [1.807, 2.05) is 0 Å². The number of methoxy groups -OCH3 is 2. The van der Waals surface area contributed by atoms with Gasteiger partial charge in [-0.15, -0.1) is 11.3 Å². The number of nitrogens with two attached hydrogens (primary N) is 1. The minimum Gasteiger partial charge on any atom is -0.492 e. The number of hydrogen-bond acceptors (Lipinski definition) is 7. The summed E-state index contributed by atoms with van der Waals surface area (Å²) in [4.78, 5) is 12.0. The number of esters is 1. The average Bonchev–Trinajstić information content (AvgIpc) is 2.76. The highest BCUT2D eigenvalue weighted by molar-refractivity contribution is 7.19. The van der Waals surface area contributed by atoms with Gasteiger partial charge in [0.15, 0.2) is 5.75 Å². The molecule has 1 aromatic rings. The third-order valence-corrected chi connectivity index (χ3v) is 4.60. The molecular formula is C13H20N2O4S. The Morgan fingerprint density at radius 1 is 1.35 bits per heavy atom. The lowest BCUT2D eigenvalue weighted by molar-refractivity contribution is 0.0607. The quantitative estimate of drug-likeness (QED) is 0.735. The molecule has 0 spiro atoms. The van der Waals surface area contributed by atoms with Gasteiger partial charge in [-0.2, -0.15) is 0 Å². The fourth-order valence-electron chi connectivity index (χ4n) is 2.38. The summed E-state index contributed by atoms with van der Waals surface area (Å²) in [6, 6.07) is 0.260. The van der Waals surface area contributed by atoms with Gasteiger partial charge in [-0.05, 0) is 25.7 Å². The molecule has 4 N–H and O–H groups in total. The third-order valence-electron chi connectivity index (χ3n) is 3.51. The van der Waals surface area contributed by atoms with Crippen molar-refractivity contribution in [1.82, 2.24) is 0 Å². The molecule has 6 nitrogen and oxygen atoms in total. The number of ether oxygens (including phenoxy) is 2. The molecule has 0 amide bonds. The number of hydrogen-bond donors (Lipinski definition) is 3. The Morgan fingerprint density at radius 2 is 2.00 bits per heavy atom. The zero-order valence-electron chi connectivity index (χ0n) is 11.6. The number of anilines is 2. The number of carbonyl (C=O) groups is 1. The predicted molar refractivity (Wildman–Crippen MR) is 78.5 cm³/mol. The lowest BCUT2D eigenvalue weighted by atomic mass is 9.93. The second-order valence-corrected chi connectivity index (χ2v) is 5.87. The molecule has 0 bridgehead atoms. The van der Waals surface area contributed by atoms with E-state index in [0.717, 1.165) is 30.7 Å². The standard InChI is InChI=1S/C13H20N2O4S/c1-18-10-9(14)11(13(17)19-2)20-12(10)15-7-3-5-8(16)6-4-7/h7-8,15-16H,3-6,14H2,1-2H3. The molecule has 1 saturated carbocycles. The Balaban J connectivity index is 2.16. The maximum atomic E-state index is 11.6. The molecule has 112 valence electrons. The van der Waals surface area contributed by atoms with Crippen LogP contribution in [0.1, 0.15) is 35.4 Å². The van der Waals surface area contributed by atoms with Crippen LogP contribution in [-0.4, -0.2) is 37.4 Å². The number of aliphatic hydroxyl groups excluding tert-OH is 1. The normalized spacial score (nSPS) is 22.4. The van der Waals surface area contributed by atoms with Crippen molar-refractivity contribution in [3.8, 4) is 5.75 Å². The van der Waals surface area contributed by atoms with E-state index in [9.17, 15) is 9.90 Å². The van der Waals surface area contributed by atoms with E-state index in [4.69, 9.17) is 15.2 Å². The molecule has 20 heavy (non-hydrogen) atoms. The van der Waals surface area contributed by atoms with Crippen LogP contribution in [0.5, 0.6) is 5.75 Å². The molecule has 0 atom stereocenters. The zero-order chi connectivity index (χ0) is 14.7. The number of nitrogen functional groups attached to an aromatic ring is 1. The highest BCUT2D eigenvalue weighted by atomic mass is 32.1. The van der Waals surface area contributed by atoms with Gasteiger partial charge in [0, 0.05) is 6.04 Å². The largest absolute Gasteiger partial charge is 0.492 e. The summed E-state index contributed by atoms with van der Waals surface area (Å²) in [5.74, 6) is 0.0273. The van der Waals surface area contributed by atoms with Crippen LogP contribution in [-0.2, 0) is 4.74 Å². The number of rotatable bonds is 4.